The zero-order chi connectivity index (χ0) is 19.2. The Morgan fingerprint density at radius 2 is 1.79 bits per heavy atom. The first-order chi connectivity index (χ1) is 13.7. The van der Waals surface area contributed by atoms with Crippen molar-refractivity contribution in [1.29, 1.82) is 0 Å². The fourth-order valence-corrected chi connectivity index (χ4v) is 5.94. The lowest BCUT2D eigenvalue weighted by Crippen LogP contribution is -2.45. The molecule has 0 N–H and O–H groups in total. The molecule has 3 aliphatic carbocycles. The van der Waals surface area contributed by atoms with E-state index in [1.54, 1.807) is 6.26 Å². The van der Waals surface area contributed by atoms with Gasteiger partial charge in [-0.05, 0) is 62.5 Å². The van der Waals surface area contributed by atoms with Crippen LogP contribution in [0.5, 0.6) is 0 Å². The van der Waals surface area contributed by atoms with Crippen LogP contribution in [0, 0.1) is 5.41 Å². The molecule has 0 atom stereocenters. The van der Waals surface area contributed by atoms with Gasteiger partial charge in [-0.1, -0.05) is 38.3 Å². The second-order valence-electron chi connectivity index (χ2n) is 9.28. The monoisotopic (exact) mass is 377 g/mol. The number of benzene rings is 1. The molecule has 0 unspecified atom stereocenters. The van der Waals surface area contributed by atoms with Crippen molar-refractivity contribution in [3.63, 3.8) is 0 Å². The van der Waals surface area contributed by atoms with Crippen molar-refractivity contribution in [2.75, 3.05) is 0 Å². The van der Waals surface area contributed by atoms with Crippen molar-refractivity contribution >= 4 is 11.0 Å². The summed E-state index contributed by atoms with van der Waals surface area (Å²) >= 11 is 0. The van der Waals surface area contributed by atoms with Crippen LogP contribution in [0.25, 0.3) is 22.4 Å². The summed E-state index contributed by atoms with van der Waals surface area (Å²) in [6, 6.07) is 8.21. The molecule has 28 heavy (non-hydrogen) atoms. The highest BCUT2D eigenvalue weighted by molar-refractivity contribution is 5.92. The summed E-state index contributed by atoms with van der Waals surface area (Å²) < 4.78 is 7.85. The van der Waals surface area contributed by atoms with E-state index in [0.29, 0.717) is 5.41 Å². The SMILES string of the molecule is CCCCCC12CCC(c3nnc(-c4cccc5occc45)n3C)(CC1)CC2. The maximum absolute atomic E-state index is 5.58. The predicted octanol–water partition coefficient (Wildman–Crippen LogP) is 6.40. The fraction of sp³-hybridized carbons (Fsp3) is 0.583. The van der Waals surface area contributed by atoms with Gasteiger partial charge in [0.15, 0.2) is 5.82 Å². The van der Waals surface area contributed by atoms with Crippen molar-refractivity contribution in [2.24, 2.45) is 12.5 Å². The summed E-state index contributed by atoms with van der Waals surface area (Å²) in [5.41, 5.74) is 2.88. The molecule has 6 rings (SSSR count). The summed E-state index contributed by atoms with van der Waals surface area (Å²) in [6.07, 6.45) is 15.3. The van der Waals surface area contributed by atoms with Gasteiger partial charge in [-0.3, -0.25) is 0 Å². The van der Waals surface area contributed by atoms with Gasteiger partial charge < -0.3 is 8.98 Å². The average Bonchev–Trinajstić information content (AvgIpc) is 3.36. The Morgan fingerprint density at radius 1 is 1.00 bits per heavy atom. The normalized spacial score (nSPS) is 26.9. The van der Waals surface area contributed by atoms with Gasteiger partial charge in [0.2, 0.25) is 0 Å². The molecule has 4 nitrogen and oxygen atoms in total. The molecule has 0 spiro atoms. The molecule has 0 radical (unpaired) electrons. The van der Waals surface area contributed by atoms with Crippen LogP contribution in [0.1, 0.15) is 77.0 Å². The molecule has 3 aliphatic rings. The predicted molar refractivity (Wildman–Crippen MR) is 112 cm³/mol. The van der Waals surface area contributed by atoms with Crippen molar-refractivity contribution in [2.45, 2.75) is 76.5 Å². The van der Waals surface area contributed by atoms with E-state index in [4.69, 9.17) is 9.52 Å². The summed E-state index contributed by atoms with van der Waals surface area (Å²) in [7, 11) is 2.15. The molecule has 2 aromatic heterocycles. The molecule has 3 saturated carbocycles. The summed E-state index contributed by atoms with van der Waals surface area (Å²) in [4.78, 5) is 0. The summed E-state index contributed by atoms with van der Waals surface area (Å²) in [6.45, 7) is 2.31. The molecule has 0 amide bonds. The van der Waals surface area contributed by atoms with E-state index in [2.05, 4.69) is 29.7 Å². The second kappa shape index (κ2) is 6.75. The Morgan fingerprint density at radius 3 is 2.54 bits per heavy atom. The van der Waals surface area contributed by atoms with Crippen molar-refractivity contribution in [1.82, 2.24) is 14.8 Å². The van der Waals surface area contributed by atoms with Gasteiger partial charge >= 0.3 is 0 Å². The largest absolute Gasteiger partial charge is 0.464 e. The zero-order valence-corrected chi connectivity index (χ0v) is 17.2. The van der Waals surface area contributed by atoms with Gasteiger partial charge in [-0.25, -0.2) is 0 Å². The van der Waals surface area contributed by atoms with Crippen LogP contribution in [-0.4, -0.2) is 14.8 Å². The topological polar surface area (TPSA) is 43.9 Å². The Hall–Kier alpha value is -2.10. The molecular weight excluding hydrogens is 346 g/mol. The molecule has 148 valence electrons. The van der Waals surface area contributed by atoms with E-state index in [-0.39, 0.29) is 5.41 Å². The maximum Gasteiger partial charge on any atom is 0.164 e. The lowest BCUT2D eigenvalue weighted by molar-refractivity contribution is 0.0250. The van der Waals surface area contributed by atoms with Crippen molar-refractivity contribution < 1.29 is 4.42 Å². The quantitative estimate of drug-likeness (QED) is 0.467. The molecule has 2 bridgehead atoms. The molecular formula is C24H31N3O. The van der Waals surface area contributed by atoms with Gasteiger partial charge in [-0.15, -0.1) is 10.2 Å². The standard InChI is InChI=1S/C24H31N3O/c1-3-4-5-10-23-11-14-24(15-12-23,16-13-23)22-26-25-21(27(22)2)19-7-6-8-20-18(19)9-17-28-20/h6-9,17H,3-5,10-16H2,1-2H3. The number of unbranched alkanes of at least 4 members (excludes halogenated alkanes) is 2. The molecule has 3 aromatic rings. The van der Waals surface area contributed by atoms with Crippen molar-refractivity contribution in [3.05, 3.63) is 36.4 Å². The average molecular weight is 378 g/mol. The van der Waals surface area contributed by atoms with Crippen molar-refractivity contribution in [3.8, 4) is 11.4 Å². The smallest absolute Gasteiger partial charge is 0.164 e. The third kappa shape index (κ3) is 2.72. The third-order valence-corrected chi connectivity index (χ3v) is 7.80. The number of aromatic nitrogens is 3. The Kier molecular flexibility index (Phi) is 4.33. The molecule has 0 aliphatic heterocycles. The fourth-order valence-electron chi connectivity index (χ4n) is 5.94. The summed E-state index contributed by atoms with van der Waals surface area (Å²) in [5, 5.41) is 10.5. The van der Waals surface area contributed by atoms with Gasteiger partial charge in [0.1, 0.15) is 11.4 Å². The van der Waals surface area contributed by atoms with E-state index < -0.39 is 0 Å². The number of fused-ring (bicyclic) bond motifs is 4. The number of nitrogens with zero attached hydrogens (tertiary/aromatic N) is 3. The minimum Gasteiger partial charge on any atom is -0.464 e. The lowest BCUT2D eigenvalue weighted by atomic mass is 9.52. The highest BCUT2D eigenvalue weighted by Gasteiger charge is 2.51. The van der Waals surface area contributed by atoms with Gasteiger partial charge in [0.25, 0.3) is 0 Å². The first kappa shape index (κ1) is 18.0. The molecule has 3 fully saturated rings. The lowest BCUT2D eigenvalue weighted by Gasteiger charge is -2.53. The third-order valence-electron chi connectivity index (χ3n) is 7.80. The van der Waals surface area contributed by atoms with Crippen LogP contribution >= 0.6 is 0 Å². The first-order valence-corrected chi connectivity index (χ1v) is 11.0. The number of furan rings is 1. The number of rotatable bonds is 6. The number of hydrogen-bond acceptors (Lipinski definition) is 3. The molecule has 2 heterocycles. The summed E-state index contributed by atoms with van der Waals surface area (Å²) in [5.74, 6) is 2.16. The molecule has 4 heteroatoms. The van der Waals surface area contributed by atoms with E-state index in [0.717, 1.165) is 22.4 Å². The van der Waals surface area contributed by atoms with Crippen LogP contribution in [0.3, 0.4) is 0 Å². The second-order valence-corrected chi connectivity index (χ2v) is 9.28. The van der Waals surface area contributed by atoms with Crippen LogP contribution in [0.2, 0.25) is 0 Å². The van der Waals surface area contributed by atoms with Crippen LogP contribution in [0.15, 0.2) is 34.9 Å². The van der Waals surface area contributed by atoms with E-state index in [9.17, 15) is 0 Å². The molecule has 0 saturated heterocycles. The highest BCUT2D eigenvalue weighted by atomic mass is 16.3. The highest BCUT2D eigenvalue weighted by Crippen LogP contribution is 2.59. The Balaban J connectivity index is 1.43. The maximum atomic E-state index is 5.58. The Labute approximate surface area is 167 Å². The molecule has 1 aromatic carbocycles. The van der Waals surface area contributed by atoms with E-state index in [1.807, 2.05) is 18.2 Å². The van der Waals surface area contributed by atoms with Gasteiger partial charge in [0, 0.05) is 23.4 Å². The Bertz CT molecular complexity index is 958. The first-order valence-electron chi connectivity index (χ1n) is 11.0. The van der Waals surface area contributed by atoms with Gasteiger partial charge in [-0.2, -0.15) is 0 Å². The zero-order valence-electron chi connectivity index (χ0n) is 17.2. The van der Waals surface area contributed by atoms with Crippen LogP contribution in [0.4, 0.5) is 0 Å². The minimum absolute atomic E-state index is 0.233. The van der Waals surface area contributed by atoms with Crippen LogP contribution in [-0.2, 0) is 12.5 Å². The van der Waals surface area contributed by atoms with Crippen LogP contribution < -0.4 is 0 Å². The van der Waals surface area contributed by atoms with Gasteiger partial charge in [0.05, 0.1) is 6.26 Å². The van der Waals surface area contributed by atoms with E-state index >= 15 is 0 Å². The van der Waals surface area contributed by atoms with E-state index in [1.165, 1.54) is 70.0 Å². The number of hydrogen-bond donors (Lipinski definition) is 0. The minimum atomic E-state index is 0.233.